The van der Waals surface area contributed by atoms with E-state index >= 15 is 0 Å². The fraction of sp³-hybridized carbons (Fsp3) is 1.00. The van der Waals surface area contributed by atoms with Crippen molar-refractivity contribution in [2.45, 2.75) is 12.1 Å². The van der Waals surface area contributed by atoms with E-state index in [4.69, 9.17) is 4.74 Å². The Kier molecular flexibility index (Phi) is 2.79. The summed E-state index contributed by atoms with van der Waals surface area (Å²) in [6.45, 7) is 2.70. The molecule has 0 aliphatic carbocycles. The number of nitrogens with zero attached hydrogens (tertiary/aromatic N) is 1. The highest BCUT2D eigenvalue weighted by atomic mass is 32.2. The Morgan fingerprint density at radius 2 is 1.86 bits per heavy atom. The van der Waals surface area contributed by atoms with Gasteiger partial charge in [-0.05, 0) is 0 Å². The van der Waals surface area contributed by atoms with Crippen LogP contribution in [0.15, 0.2) is 0 Å². The van der Waals surface area contributed by atoms with Crippen LogP contribution in [0.4, 0.5) is 0 Å². The number of ether oxygens (including phenoxy) is 1. The average Bonchev–Trinajstić information content (AvgIpc) is 2.41. The maximum absolute atomic E-state index is 11.3. The van der Waals surface area contributed by atoms with E-state index in [1.807, 2.05) is 4.90 Å². The quantitative estimate of drug-likeness (QED) is 0.582. The molecule has 2 aliphatic heterocycles. The second-order valence-corrected chi connectivity index (χ2v) is 6.01. The molecule has 0 aromatic heterocycles. The lowest BCUT2D eigenvalue weighted by Crippen LogP contribution is -2.48. The van der Waals surface area contributed by atoms with E-state index in [1.165, 1.54) is 0 Å². The first-order valence-electron chi connectivity index (χ1n) is 4.79. The van der Waals surface area contributed by atoms with E-state index < -0.39 is 15.9 Å². The zero-order valence-corrected chi connectivity index (χ0v) is 8.74. The van der Waals surface area contributed by atoms with Crippen LogP contribution in [0.5, 0.6) is 0 Å². The van der Waals surface area contributed by atoms with Gasteiger partial charge in [-0.15, -0.1) is 0 Å². The molecular formula is C8H15NO4S. The minimum atomic E-state index is -3.03. The molecule has 1 N–H and O–H groups in total. The van der Waals surface area contributed by atoms with Crippen molar-refractivity contribution in [1.82, 2.24) is 4.90 Å². The number of aliphatic hydroxyl groups excluding tert-OH is 1. The molecule has 0 saturated carbocycles. The highest BCUT2D eigenvalue weighted by Gasteiger charge is 2.40. The molecule has 0 unspecified atom stereocenters. The van der Waals surface area contributed by atoms with Crippen molar-refractivity contribution < 1.29 is 18.3 Å². The third-order valence-electron chi connectivity index (χ3n) is 2.81. The van der Waals surface area contributed by atoms with Gasteiger partial charge in [0.05, 0.1) is 36.9 Å². The summed E-state index contributed by atoms with van der Waals surface area (Å²) in [7, 11) is -3.03. The molecule has 82 valence electrons. The number of hydrogen-bond donors (Lipinski definition) is 1. The fourth-order valence-electron chi connectivity index (χ4n) is 2.07. The van der Waals surface area contributed by atoms with Crippen LogP contribution < -0.4 is 0 Å². The Morgan fingerprint density at radius 1 is 1.21 bits per heavy atom. The predicted molar refractivity (Wildman–Crippen MR) is 50.8 cm³/mol. The van der Waals surface area contributed by atoms with Gasteiger partial charge in [-0.25, -0.2) is 8.42 Å². The van der Waals surface area contributed by atoms with Gasteiger partial charge in [-0.2, -0.15) is 0 Å². The Labute approximate surface area is 83.6 Å². The lowest BCUT2D eigenvalue weighted by molar-refractivity contribution is -0.00579. The van der Waals surface area contributed by atoms with E-state index in [0.717, 1.165) is 13.1 Å². The van der Waals surface area contributed by atoms with Crippen molar-refractivity contribution in [3.63, 3.8) is 0 Å². The van der Waals surface area contributed by atoms with E-state index in [2.05, 4.69) is 0 Å². The zero-order chi connectivity index (χ0) is 10.2. The van der Waals surface area contributed by atoms with Crippen molar-refractivity contribution in [3.8, 4) is 0 Å². The van der Waals surface area contributed by atoms with Gasteiger partial charge in [0.15, 0.2) is 9.84 Å². The number of sulfone groups is 1. The van der Waals surface area contributed by atoms with Gasteiger partial charge in [0.1, 0.15) is 0 Å². The second kappa shape index (κ2) is 3.77. The number of hydrogen-bond acceptors (Lipinski definition) is 5. The summed E-state index contributed by atoms with van der Waals surface area (Å²) in [6, 6.07) is -0.219. The van der Waals surface area contributed by atoms with Gasteiger partial charge in [0.2, 0.25) is 0 Å². The normalized spacial score (nSPS) is 38.6. The lowest BCUT2D eigenvalue weighted by Gasteiger charge is -2.32. The van der Waals surface area contributed by atoms with E-state index in [0.29, 0.717) is 13.2 Å². The Morgan fingerprint density at radius 3 is 2.36 bits per heavy atom. The molecule has 2 rings (SSSR count). The summed E-state index contributed by atoms with van der Waals surface area (Å²) in [6.07, 6.45) is -0.724. The summed E-state index contributed by atoms with van der Waals surface area (Å²) in [5.41, 5.74) is 0. The third kappa shape index (κ3) is 2.08. The first-order valence-corrected chi connectivity index (χ1v) is 6.61. The molecule has 0 spiro atoms. The van der Waals surface area contributed by atoms with Crippen molar-refractivity contribution in [3.05, 3.63) is 0 Å². The molecule has 0 aromatic carbocycles. The molecule has 6 heteroatoms. The lowest BCUT2D eigenvalue weighted by atomic mass is 10.2. The largest absolute Gasteiger partial charge is 0.390 e. The third-order valence-corrected chi connectivity index (χ3v) is 4.51. The van der Waals surface area contributed by atoms with E-state index in [9.17, 15) is 13.5 Å². The van der Waals surface area contributed by atoms with Crippen LogP contribution in [0.1, 0.15) is 0 Å². The van der Waals surface area contributed by atoms with Crippen LogP contribution >= 0.6 is 0 Å². The number of aliphatic hydroxyl groups is 1. The molecule has 0 bridgehead atoms. The zero-order valence-electron chi connectivity index (χ0n) is 7.92. The summed E-state index contributed by atoms with van der Waals surface area (Å²) < 4.78 is 27.7. The van der Waals surface area contributed by atoms with Gasteiger partial charge in [-0.3, -0.25) is 4.90 Å². The monoisotopic (exact) mass is 221 g/mol. The number of rotatable bonds is 1. The standard InChI is InChI=1S/C8H15NO4S/c10-8-6-14(11,12)5-7(8)9-1-3-13-4-2-9/h7-8,10H,1-6H2/t7-,8+/m1/s1. The Hall–Kier alpha value is -0.170. The van der Waals surface area contributed by atoms with Gasteiger partial charge >= 0.3 is 0 Å². The number of morpholine rings is 1. The van der Waals surface area contributed by atoms with Crippen LogP contribution in [-0.2, 0) is 14.6 Å². The molecule has 0 amide bonds. The Balaban J connectivity index is 2.04. The first kappa shape index (κ1) is 10.4. The smallest absolute Gasteiger partial charge is 0.154 e. The molecule has 5 nitrogen and oxygen atoms in total. The molecule has 2 aliphatic rings. The fourth-order valence-corrected chi connectivity index (χ4v) is 3.90. The first-order chi connectivity index (χ1) is 6.58. The molecule has 0 radical (unpaired) electrons. The van der Waals surface area contributed by atoms with Crippen LogP contribution in [-0.4, -0.2) is 68.4 Å². The van der Waals surface area contributed by atoms with Crippen LogP contribution in [0.25, 0.3) is 0 Å². The molecule has 14 heavy (non-hydrogen) atoms. The van der Waals surface area contributed by atoms with Gasteiger partial charge in [-0.1, -0.05) is 0 Å². The minimum Gasteiger partial charge on any atom is -0.390 e. The minimum absolute atomic E-state index is 0.0883. The van der Waals surface area contributed by atoms with Crippen molar-refractivity contribution in [2.75, 3.05) is 37.8 Å². The average molecular weight is 221 g/mol. The molecular weight excluding hydrogens is 206 g/mol. The van der Waals surface area contributed by atoms with Crippen LogP contribution in [0.3, 0.4) is 0 Å². The van der Waals surface area contributed by atoms with Crippen LogP contribution in [0.2, 0.25) is 0 Å². The predicted octanol–water partition coefficient (Wildman–Crippen LogP) is -1.52. The topological polar surface area (TPSA) is 66.8 Å². The van der Waals surface area contributed by atoms with Crippen LogP contribution in [0, 0.1) is 0 Å². The van der Waals surface area contributed by atoms with Gasteiger partial charge < -0.3 is 9.84 Å². The van der Waals surface area contributed by atoms with Gasteiger partial charge in [0.25, 0.3) is 0 Å². The molecule has 2 heterocycles. The SMILES string of the molecule is O=S1(=O)C[C@@H](N2CCOCC2)[C@@H](O)C1. The highest BCUT2D eigenvalue weighted by Crippen LogP contribution is 2.19. The molecule has 2 saturated heterocycles. The summed E-state index contributed by atoms with van der Waals surface area (Å²) in [5.74, 6) is 0.00317. The van der Waals surface area contributed by atoms with Crippen molar-refractivity contribution >= 4 is 9.84 Å². The maximum Gasteiger partial charge on any atom is 0.154 e. The molecule has 2 fully saturated rings. The summed E-state index contributed by atoms with van der Waals surface area (Å²) in [5, 5.41) is 9.62. The van der Waals surface area contributed by atoms with Gasteiger partial charge in [0, 0.05) is 13.1 Å². The maximum atomic E-state index is 11.3. The van der Waals surface area contributed by atoms with E-state index in [-0.39, 0.29) is 17.5 Å². The molecule has 2 atom stereocenters. The molecule has 0 aromatic rings. The summed E-state index contributed by atoms with van der Waals surface area (Å²) >= 11 is 0. The second-order valence-electron chi connectivity index (χ2n) is 3.86. The summed E-state index contributed by atoms with van der Waals surface area (Å²) in [4.78, 5) is 2.01. The van der Waals surface area contributed by atoms with E-state index in [1.54, 1.807) is 0 Å². The van der Waals surface area contributed by atoms with Crippen molar-refractivity contribution in [1.29, 1.82) is 0 Å². The highest BCUT2D eigenvalue weighted by molar-refractivity contribution is 7.91. The van der Waals surface area contributed by atoms with Crippen molar-refractivity contribution in [2.24, 2.45) is 0 Å². The Bertz CT molecular complexity index is 296.